The first-order valence-electron chi connectivity index (χ1n) is 8.68. The van der Waals surface area contributed by atoms with Crippen LogP contribution in [-0.2, 0) is 10.0 Å². The second-order valence-corrected chi connectivity index (χ2v) is 8.74. The van der Waals surface area contributed by atoms with Crippen LogP contribution >= 0.6 is 11.6 Å². The molecule has 10 heteroatoms. The molecule has 0 bridgehead atoms. The Bertz CT molecular complexity index is 1200. The number of amides is 1. The summed E-state index contributed by atoms with van der Waals surface area (Å²) >= 11 is 6.18. The molecule has 0 fully saturated rings. The Hall–Kier alpha value is -2.75. The predicted molar refractivity (Wildman–Crippen MR) is 111 cm³/mol. The molecule has 0 aliphatic heterocycles. The number of nitrogens with zero attached hydrogens (tertiary/aromatic N) is 3. The first kappa shape index (κ1) is 21.0. The molecule has 0 unspecified atom stereocenters. The van der Waals surface area contributed by atoms with Gasteiger partial charge in [0.15, 0.2) is 5.82 Å². The third kappa shape index (κ3) is 4.31. The molecule has 1 aromatic carbocycles. The van der Waals surface area contributed by atoms with Crippen molar-refractivity contribution in [3.8, 4) is 5.82 Å². The maximum atomic E-state index is 12.8. The molecule has 0 saturated heterocycles. The normalized spacial score (nSPS) is 11.5. The Morgan fingerprint density at radius 2 is 1.83 bits per heavy atom. The van der Waals surface area contributed by atoms with Gasteiger partial charge in [0, 0.05) is 11.4 Å². The fourth-order valence-corrected chi connectivity index (χ4v) is 4.02. The zero-order valence-electron chi connectivity index (χ0n) is 16.3. The zero-order chi connectivity index (χ0) is 21.3. The lowest BCUT2D eigenvalue weighted by molar-refractivity contribution is 0.102. The Balaban J connectivity index is 1.95. The number of hydrogen-bond acceptors (Lipinski definition) is 5. The molecular formula is C19H20ClN5O3S. The van der Waals surface area contributed by atoms with Gasteiger partial charge in [-0.25, -0.2) is 22.8 Å². The molecule has 2 N–H and O–H groups in total. The summed E-state index contributed by atoms with van der Waals surface area (Å²) in [7, 11) is -2.33. The molecule has 0 atom stereocenters. The van der Waals surface area contributed by atoms with Gasteiger partial charge in [-0.1, -0.05) is 17.7 Å². The maximum absolute atomic E-state index is 12.8. The van der Waals surface area contributed by atoms with Gasteiger partial charge in [0.1, 0.15) is 5.69 Å². The van der Waals surface area contributed by atoms with E-state index in [-0.39, 0.29) is 15.6 Å². The van der Waals surface area contributed by atoms with E-state index in [0.717, 1.165) is 11.4 Å². The first-order chi connectivity index (χ1) is 13.6. The van der Waals surface area contributed by atoms with Crippen molar-refractivity contribution in [1.82, 2.24) is 19.5 Å². The molecule has 0 radical (unpaired) electrons. The predicted octanol–water partition coefficient (Wildman–Crippen LogP) is 3.01. The van der Waals surface area contributed by atoms with E-state index in [1.165, 1.54) is 13.1 Å². The number of nitrogens with one attached hydrogen (secondary N) is 2. The lowest BCUT2D eigenvalue weighted by Gasteiger charge is -2.11. The summed E-state index contributed by atoms with van der Waals surface area (Å²) < 4.78 is 28.2. The van der Waals surface area contributed by atoms with Gasteiger partial charge in [0.2, 0.25) is 10.0 Å². The van der Waals surface area contributed by atoms with Gasteiger partial charge in [-0.2, -0.15) is 5.10 Å². The van der Waals surface area contributed by atoms with Gasteiger partial charge >= 0.3 is 0 Å². The lowest BCUT2D eigenvalue weighted by atomic mass is 10.2. The fourth-order valence-electron chi connectivity index (χ4n) is 2.84. The van der Waals surface area contributed by atoms with Crippen LogP contribution in [0.5, 0.6) is 0 Å². The van der Waals surface area contributed by atoms with Crippen LogP contribution in [0.3, 0.4) is 0 Å². The van der Waals surface area contributed by atoms with Gasteiger partial charge in [-0.3, -0.25) is 4.79 Å². The number of pyridine rings is 1. The van der Waals surface area contributed by atoms with Crippen molar-refractivity contribution < 1.29 is 13.2 Å². The van der Waals surface area contributed by atoms with E-state index in [2.05, 4.69) is 20.1 Å². The highest BCUT2D eigenvalue weighted by atomic mass is 35.5. The van der Waals surface area contributed by atoms with Gasteiger partial charge in [-0.15, -0.1) is 0 Å². The summed E-state index contributed by atoms with van der Waals surface area (Å²) in [6, 6.07) is 9.75. The molecule has 3 aromatic rings. The van der Waals surface area contributed by atoms with E-state index in [1.54, 1.807) is 35.9 Å². The van der Waals surface area contributed by atoms with Crippen LogP contribution in [0.25, 0.3) is 5.82 Å². The minimum Gasteiger partial charge on any atom is -0.321 e. The topological polar surface area (TPSA) is 106 Å². The molecular weight excluding hydrogens is 414 g/mol. The molecule has 0 aliphatic rings. The molecule has 2 heterocycles. The van der Waals surface area contributed by atoms with E-state index >= 15 is 0 Å². The summed E-state index contributed by atoms with van der Waals surface area (Å²) in [5.74, 6) is -0.109. The van der Waals surface area contributed by atoms with Crippen molar-refractivity contribution in [3.63, 3.8) is 0 Å². The summed E-state index contributed by atoms with van der Waals surface area (Å²) in [5, 5.41) is 7.18. The van der Waals surface area contributed by atoms with Crippen LogP contribution in [0.2, 0.25) is 5.02 Å². The molecule has 1 amide bonds. The van der Waals surface area contributed by atoms with Crippen molar-refractivity contribution in [2.45, 2.75) is 25.7 Å². The number of rotatable bonds is 5. The van der Waals surface area contributed by atoms with Gasteiger partial charge < -0.3 is 5.32 Å². The molecule has 152 valence electrons. The molecule has 0 aliphatic carbocycles. The summed E-state index contributed by atoms with van der Waals surface area (Å²) in [6.07, 6.45) is 0. The SMILES string of the molecule is CNS(=O)(=O)c1cc(NC(=O)c2nc(-n3nc(C)cc3C)ccc2Cl)ccc1C. The molecule has 0 spiro atoms. The molecule has 29 heavy (non-hydrogen) atoms. The van der Waals surface area contributed by atoms with Crippen molar-refractivity contribution in [2.75, 3.05) is 12.4 Å². The Morgan fingerprint density at radius 3 is 2.45 bits per heavy atom. The quantitative estimate of drug-likeness (QED) is 0.643. The number of carbonyl (C=O) groups is 1. The van der Waals surface area contributed by atoms with Crippen LogP contribution in [0.15, 0.2) is 41.3 Å². The number of hydrogen-bond donors (Lipinski definition) is 2. The third-order valence-corrected chi connectivity index (χ3v) is 6.14. The number of sulfonamides is 1. The monoisotopic (exact) mass is 433 g/mol. The first-order valence-corrected chi connectivity index (χ1v) is 10.5. The number of anilines is 1. The Labute approximate surface area is 174 Å². The second kappa shape index (κ2) is 7.94. The van der Waals surface area contributed by atoms with Crippen LogP contribution in [0.4, 0.5) is 5.69 Å². The third-order valence-electron chi connectivity index (χ3n) is 4.28. The van der Waals surface area contributed by atoms with E-state index in [1.807, 2.05) is 19.9 Å². The summed E-state index contributed by atoms with van der Waals surface area (Å²) in [4.78, 5) is 17.2. The smallest absolute Gasteiger partial charge is 0.275 e. The number of halogens is 1. The average Bonchev–Trinajstić information content (AvgIpc) is 3.01. The highest BCUT2D eigenvalue weighted by Crippen LogP contribution is 2.22. The van der Waals surface area contributed by atoms with Crippen LogP contribution in [-0.4, -0.2) is 36.1 Å². The van der Waals surface area contributed by atoms with Gasteiger partial charge in [0.05, 0.1) is 15.6 Å². The summed E-state index contributed by atoms with van der Waals surface area (Å²) in [5.41, 5.74) is 2.56. The van der Waals surface area contributed by atoms with Crippen LogP contribution in [0, 0.1) is 20.8 Å². The van der Waals surface area contributed by atoms with Crippen molar-refractivity contribution in [3.05, 3.63) is 64.1 Å². The van der Waals surface area contributed by atoms with Gasteiger partial charge in [0.25, 0.3) is 5.91 Å². The standard InChI is InChI=1S/C19H20ClN5O3S/c1-11-5-6-14(10-16(11)29(27,28)21-4)22-19(26)18-15(20)7-8-17(23-18)25-13(3)9-12(2)24-25/h5-10,21H,1-4H3,(H,22,26). The largest absolute Gasteiger partial charge is 0.321 e. The van der Waals surface area contributed by atoms with Gasteiger partial charge in [-0.05, 0) is 63.7 Å². The van der Waals surface area contributed by atoms with E-state index in [0.29, 0.717) is 17.1 Å². The lowest BCUT2D eigenvalue weighted by Crippen LogP contribution is -2.20. The van der Waals surface area contributed by atoms with E-state index in [4.69, 9.17) is 11.6 Å². The number of aryl methyl sites for hydroxylation is 3. The molecule has 3 rings (SSSR count). The van der Waals surface area contributed by atoms with Crippen molar-refractivity contribution >= 4 is 33.2 Å². The molecule has 8 nitrogen and oxygen atoms in total. The highest BCUT2D eigenvalue weighted by Gasteiger charge is 2.18. The van der Waals surface area contributed by atoms with Crippen molar-refractivity contribution in [1.29, 1.82) is 0 Å². The van der Waals surface area contributed by atoms with Crippen LogP contribution < -0.4 is 10.0 Å². The van der Waals surface area contributed by atoms with E-state index in [9.17, 15) is 13.2 Å². The fraction of sp³-hybridized carbons (Fsp3) is 0.211. The number of carbonyl (C=O) groups excluding carboxylic acids is 1. The summed E-state index contributed by atoms with van der Waals surface area (Å²) in [6.45, 7) is 5.42. The minimum atomic E-state index is -3.66. The number of aromatic nitrogens is 3. The second-order valence-electron chi connectivity index (χ2n) is 6.48. The molecule has 2 aromatic heterocycles. The Kier molecular flexibility index (Phi) is 5.74. The van der Waals surface area contributed by atoms with Crippen molar-refractivity contribution in [2.24, 2.45) is 0 Å². The Morgan fingerprint density at radius 1 is 1.10 bits per heavy atom. The molecule has 0 saturated carbocycles. The van der Waals surface area contributed by atoms with Crippen LogP contribution in [0.1, 0.15) is 27.4 Å². The van der Waals surface area contributed by atoms with E-state index < -0.39 is 15.9 Å². The number of benzene rings is 1. The zero-order valence-corrected chi connectivity index (χ0v) is 17.9. The maximum Gasteiger partial charge on any atom is 0.275 e. The minimum absolute atomic E-state index is 0.00955. The average molecular weight is 434 g/mol. The highest BCUT2D eigenvalue weighted by molar-refractivity contribution is 7.89.